The maximum absolute atomic E-state index is 5.66. The minimum Gasteiger partial charge on any atom is -0.379 e. The summed E-state index contributed by atoms with van der Waals surface area (Å²) in [6.45, 7) is 5.27. The molecular formula is C14H29NO2. The average molecular weight is 243 g/mol. The van der Waals surface area contributed by atoms with Gasteiger partial charge in [0.1, 0.15) is 0 Å². The normalized spacial score (nSPS) is 22.9. The van der Waals surface area contributed by atoms with Gasteiger partial charge in [-0.15, -0.1) is 0 Å². The third kappa shape index (κ3) is 5.84. The number of hydrogen-bond donors (Lipinski definition) is 1. The van der Waals surface area contributed by atoms with E-state index in [-0.39, 0.29) is 5.60 Å². The summed E-state index contributed by atoms with van der Waals surface area (Å²) in [4.78, 5) is 0. The van der Waals surface area contributed by atoms with Gasteiger partial charge in [0.05, 0.1) is 11.7 Å². The van der Waals surface area contributed by atoms with Gasteiger partial charge in [-0.25, -0.2) is 0 Å². The number of hydrogen-bond acceptors (Lipinski definition) is 3. The molecule has 0 aromatic carbocycles. The van der Waals surface area contributed by atoms with Gasteiger partial charge in [-0.1, -0.05) is 0 Å². The second-order valence-electron chi connectivity index (χ2n) is 5.70. The van der Waals surface area contributed by atoms with E-state index in [1.807, 2.05) is 0 Å². The Kier molecular flexibility index (Phi) is 6.45. The topological polar surface area (TPSA) is 30.5 Å². The van der Waals surface area contributed by atoms with Crippen molar-refractivity contribution in [3.05, 3.63) is 0 Å². The van der Waals surface area contributed by atoms with Crippen LogP contribution < -0.4 is 5.32 Å². The van der Waals surface area contributed by atoms with Crippen LogP contribution in [0.4, 0.5) is 0 Å². The average Bonchev–Trinajstić information content (AvgIpc) is 2.82. The van der Waals surface area contributed by atoms with Crippen LogP contribution in [0.2, 0.25) is 0 Å². The molecule has 0 saturated carbocycles. The SMILES string of the molecule is CNC(CCC1CCCO1)CCC(C)(C)OC. The fourth-order valence-corrected chi connectivity index (χ4v) is 2.32. The van der Waals surface area contributed by atoms with Gasteiger partial charge in [0, 0.05) is 19.8 Å². The standard InChI is InChI=1S/C14H29NO2/c1-14(2,16-4)10-9-12(15-3)7-8-13-6-5-11-17-13/h12-13,15H,5-11H2,1-4H3. The van der Waals surface area contributed by atoms with Crippen LogP contribution >= 0.6 is 0 Å². The summed E-state index contributed by atoms with van der Waals surface area (Å²) in [7, 11) is 3.85. The summed E-state index contributed by atoms with van der Waals surface area (Å²) in [5.74, 6) is 0. The highest BCUT2D eigenvalue weighted by atomic mass is 16.5. The van der Waals surface area contributed by atoms with Gasteiger partial charge < -0.3 is 14.8 Å². The molecule has 3 nitrogen and oxygen atoms in total. The Morgan fingerprint density at radius 1 is 1.41 bits per heavy atom. The lowest BCUT2D eigenvalue weighted by atomic mass is 9.95. The van der Waals surface area contributed by atoms with Gasteiger partial charge in [-0.05, 0) is 59.4 Å². The summed E-state index contributed by atoms with van der Waals surface area (Å²) in [6, 6.07) is 0.591. The van der Waals surface area contributed by atoms with Gasteiger partial charge in [0.2, 0.25) is 0 Å². The predicted octanol–water partition coefficient (Wildman–Crippen LogP) is 2.74. The highest BCUT2D eigenvalue weighted by Crippen LogP contribution is 2.21. The van der Waals surface area contributed by atoms with E-state index in [0.29, 0.717) is 12.1 Å². The molecule has 1 rings (SSSR count). The summed E-state index contributed by atoms with van der Waals surface area (Å²) in [5.41, 5.74) is -0.00103. The predicted molar refractivity (Wildman–Crippen MR) is 71.4 cm³/mol. The van der Waals surface area contributed by atoms with Crippen molar-refractivity contribution in [2.24, 2.45) is 0 Å². The molecule has 102 valence electrons. The third-order valence-corrected chi connectivity index (χ3v) is 3.92. The van der Waals surface area contributed by atoms with Crippen molar-refractivity contribution in [1.29, 1.82) is 0 Å². The van der Waals surface area contributed by atoms with Gasteiger partial charge in [0.15, 0.2) is 0 Å². The molecule has 1 saturated heterocycles. The Balaban J connectivity index is 2.18. The van der Waals surface area contributed by atoms with Gasteiger partial charge in [-0.2, -0.15) is 0 Å². The fourth-order valence-electron chi connectivity index (χ4n) is 2.32. The van der Waals surface area contributed by atoms with E-state index in [2.05, 4.69) is 26.2 Å². The molecular weight excluding hydrogens is 214 g/mol. The van der Waals surface area contributed by atoms with Crippen LogP contribution in [0, 0.1) is 0 Å². The number of ether oxygens (including phenoxy) is 2. The molecule has 0 aromatic rings. The van der Waals surface area contributed by atoms with Gasteiger partial charge in [-0.3, -0.25) is 0 Å². The molecule has 3 heteroatoms. The van der Waals surface area contributed by atoms with E-state index in [1.54, 1.807) is 7.11 Å². The zero-order valence-corrected chi connectivity index (χ0v) is 11.9. The van der Waals surface area contributed by atoms with Crippen LogP contribution in [0.5, 0.6) is 0 Å². The van der Waals surface area contributed by atoms with Crippen LogP contribution in [0.3, 0.4) is 0 Å². The first-order valence-electron chi connectivity index (χ1n) is 6.91. The van der Waals surface area contributed by atoms with E-state index in [4.69, 9.17) is 9.47 Å². The molecule has 0 aromatic heterocycles. The lowest BCUT2D eigenvalue weighted by Gasteiger charge is -2.26. The molecule has 1 aliphatic rings. The minimum atomic E-state index is -0.00103. The molecule has 1 fully saturated rings. The monoisotopic (exact) mass is 243 g/mol. The Bertz CT molecular complexity index is 200. The second kappa shape index (κ2) is 7.34. The Morgan fingerprint density at radius 2 is 2.18 bits per heavy atom. The zero-order valence-electron chi connectivity index (χ0n) is 11.9. The first-order chi connectivity index (χ1) is 8.07. The molecule has 0 radical (unpaired) electrons. The van der Waals surface area contributed by atoms with Crippen LogP contribution in [0.25, 0.3) is 0 Å². The number of methoxy groups -OCH3 is 1. The Labute approximate surface area is 106 Å². The second-order valence-corrected chi connectivity index (χ2v) is 5.70. The molecule has 17 heavy (non-hydrogen) atoms. The highest BCUT2D eigenvalue weighted by molar-refractivity contribution is 4.75. The van der Waals surface area contributed by atoms with Crippen LogP contribution in [-0.4, -0.2) is 38.5 Å². The minimum absolute atomic E-state index is 0.00103. The van der Waals surface area contributed by atoms with Crippen LogP contribution in [0.1, 0.15) is 52.4 Å². The quantitative estimate of drug-likeness (QED) is 0.711. The maximum Gasteiger partial charge on any atom is 0.0623 e. The van der Waals surface area contributed by atoms with E-state index in [9.17, 15) is 0 Å². The summed E-state index contributed by atoms with van der Waals surface area (Å²) in [5, 5.41) is 3.41. The van der Waals surface area contributed by atoms with Crippen molar-refractivity contribution in [3.8, 4) is 0 Å². The van der Waals surface area contributed by atoms with Crippen molar-refractivity contribution < 1.29 is 9.47 Å². The van der Waals surface area contributed by atoms with Crippen molar-refractivity contribution in [1.82, 2.24) is 5.32 Å². The first kappa shape index (κ1) is 14.9. The summed E-state index contributed by atoms with van der Waals surface area (Å²) >= 11 is 0. The summed E-state index contributed by atoms with van der Waals surface area (Å²) < 4.78 is 11.1. The van der Waals surface area contributed by atoms with E-state index in [1.165, 1.54) is 32.1 Å². The Hall–Kier alpha value is -0.120. The molecule has 2 atom stereocenters. The van der Waals surface area contributed by atoms with Crippen molar-refractivity contribution in [3.63, 3.8) is 0 Å². The first-order valence-corrected chi connectivity index (χ1v) is 6.91. The van der Waals surface area contributed by atoms with Crippen LogP contribution in [0.15, 0.2) is 0 Å². The molecule has 1 N–H and O–H groups in total. The molecule has 0 spiro atoms. The molecule has 0 amide bonds. The van der Waals surface area contributed by atoms with Crippen molar-refractivity contribution >= 4 is 0 Å². The molecule has 2 unspecified atom stereocenters. The third-order valence-electron chi connectivity index (χ3n) is 3.92. The smallest absolute Gasteiger partial charge is 0.0623 e. The lowest BCUT2D eigenvalue weighted by Crippen LogP contribution is -2.31. The van der Waals surface area contributed by atoms with E-state index < -0.39 is 0 Å². The summed E-state index contributed by atoms with van der Waals surface area (Å²) in [6.07, 6.45) is 7.68. The van der Waals surface area contributed by atoms with Crippen molar-refractivity contribution in [2.75, 3.05) is 20.8 Å². The molecule has 0 aliphatic carbocycles. The zero-order chi connectivity index (χ0) is 12.7. The highest BCUT2D eigenvalue weighted by Gasteiger charge is 2.20. The molecule has 1 heterocycles. The van der Waals surface area contributed by atoms with Crippen molar-refractivity contribution in [2.45, 2.75) is 70.1 Å². The largest absolute Gasteiger partial charge is 0.379 e. The maximum atomic E-state index is 5.66. The molecule has 0 bridgehead atoms. The van der Waals surface area contributed by atoms with E-state index in [0.717, 1.165) is 13.0 Å². The van der Waals surface area contributed by atoms with E-state index >= 15 is 0 Å². The van der Waals surface area contributed by atoms with Crippen LogP contribution in [-0.2, 0) is 9.47 Å². The lowest BCUT2D eigenvalue weighted by molar-refractivity contribution is 0.0112. The number of rotatable bonds is 8. The molecule has 1 aliphatic heterocycles. The van der Waals surface area contributed by atoms with Gasteiger partial charge >= 0.3 is 0 Å². The number of nitrogens with one attached hydrogen (secondary N) is 1. The fraction of sp³-hybridized carbons (Fsp3) is 1.00. The van der Waals surface area contributed by atoms with Gasteiger partial charge in [0.25, 0.3) is 0 Å². The Morgan fingerprint density at radius 3 is 2.71 bits per heavy atom.